The summed E-state index contributed by atoms with van der Waals surface area (Å²) in [4.78, 5) is 45.9. The van der Waals surface area contributed by atoms with E-state index in [-0.39, 0.29) is 35.6 Å². The fourth-order valence-corrected chi connectivity index (χ4v) is 4.49. The normalized spacial score (nSPS) is 25.2. The van der Waals surface area contributed by atoms with Crippen molar-refractivity contribution in [2.45, 2.75) is 25.8 Å². The van der Waals surface area contributed by atoms with Gasteiger partial charge in [-0.2, -0.15) is 0 Å². The highest BCUT2D eigenvalue weighted by atomic mass is 16.2. The molecule has 0 N–H and O–H groups in total. The molecule has 3 aliphatic rings. The highest BCUT2D eigenvalue weighted by Gasteiger charge is 2.52. The summed E-state index contributed by atoms with van der Waals surface area (Å²) < 4.78 is 1.79. The SMILES string of the molecule is Cc1nc2ccccn2c1C(=O)N1CC(N2C(=O)C3CC=CCC3C2=O)C1. The largest absolute Gasteiger partial charge is 0.333 e. The molecule has 138 valence electrons. The van der Waals surface area contributed by atoms with Gasteiger partial charge in [0.25, 0.3) is 5.91 Å². The molecule has 2 aromatic rings. The summed E-state index contributed by atoms with van der Waals surface area (Å²) in [5.41, 5.74) is 1.96. The lowest BCUT2D eigenvalue weighted by atomic mass is 9.85. The van der Waals surface area contributed by atoms with E-state index in [2.05, 4.69) is 4.98 Å². The smallest absolute Gasteiger partial charge is 0.272 e. The molecule has 2 aromatic heterocycles. The van der Waals surface area contributed by atoms with Crippen LogP contribution in [0.15, 0.2) is 36.5 Å². The van der Waals surface area contributed by atoms with Crippen LogP contribution in [0.3, 0.4) is 0 Å². The van der Waals surface area contributed by atoms with E-state index in [0.29, 0.717) is 37.3 Å². The van der Waals surface area contributed by atoms with Crippen LogP contribution in [0.4, 0.5) is 0 Å². The number of carbonyl (C=O) groups excluding carboxylic acids is 3. The second kappa shape index (κ2) is 5.77. The van der Waals surface area contributed by atoms with Crippen LogP contribution in [0.1, 0.15) is 29.0 Å². The summed E-state index contributed by atoms with van der Waals surface area (Å²) in [6.07, 6.45) is 7.08. The molecule has 0 bridgehead atoms. The zero-order valence-corrected chi connectivity index (χ0v) is 15.0. The molecule has 2 atom stereocenters. The van der Waals surface area contributed by atoms with E-state index in [1.165, 1.54) is 4.90 Å². The van der Waals surface area contributed by atoms with Gasteiger partial charge in [-0.25, -0.2) is 4.98 Å². The van der Waals surface area contributed by atoms with Crippen LogP contribution >= 0.6 is 0 Å². The monoisotopic (exact) mass is 364 g/mol. The molecule has 3 amide bonds. The number of fused-ring (bicyclic) bond motifs is 2. The van der Waals surface area contributed by atoms with Crippen molar-refractivity contribution in [3.63, 3.8) is 0 Å². The summed E-state index contributed by atoms with van der Waals surface area (Å²) >= 11 is 0. The number of nitrogens with zero attached hydrogens (tertiary/aromatic N) is 4. The van der Waals surface area contributed by atoms with E-state index in [1.54, 1.807) is 9.30 Å². The number of rotatable bonds is 2. The highest BCUT2D eigenvalue weighted by Crippen LogP contribution is 2.37. The molecule has 2 aliphatic heterocycles. The quantitative estimate of drug-likeness (QED) is 0.597. The number of aryl methyl sites for hydroxylation is 1. The minimum absolute atomic E-state index is 0.0718. The highest BCUT2D eigenvalue weighted by molar-refractivity contribution is 6.06. The summed E-state index contributed by atoms with van der Waals surface area (Å²) in [5.74, 6) is -0.683. The molecule has 4 heterocycles. The second-order valence-corrected chi connectivity index (χ2v) is 7.54. The molecule has 2 unspecified atom stereocenters. The number of pyridine rings is 1. The third-order valence-electron chi connectivity index (χ3n) is 5.96. The molecule has 7 heteroatoms. The number of hydrogen-bond acceptors (Lipinski definition) is 4. The van der Waals surface area contributed by atoms with Crippen LogP contribution in [0.5, 0.6) is 0 Å². The fourth-order valence-electron chi connectivity index (χ4n) is 4.49. The van der Waals surface area contributed by atoms with Gasteiger partial charge in [0.15, 0.2) is 0 Å². The van der Waals surface area contributed by atoms with Crippen LogP contribution in [0.25, 0.3) is 5.65 Å². The molecule has 2 fully saturated rings. The Labute approximate surface area is 156 Å². The Hall–Kier alpha value is -2.96. The molecule has 0 saturated carbocycles. The van der Waals surface area contributed by atoms with Crippen molar-refractivity contribution in [3.8, 4) is 0 Å². The van der Waals surface area contributed by atoms with Crippen molar-refractivity contribution in [3.05, 3.63) is 47.9 Å². The molecule has 27 heavy (non-hydrogen) atoms. The maximum Gasteiger partial charge on any atom is 0.272 e. The van der Waals surface area contributed by atoms with Crippen molar-refractivity contribution in [1.82, 2.24) is 19.2 Å². The Morgan fingerprint density at radius 3 is 2.41 bits per heavy atom. The average molecular weight is 364 g/mol. The first-order valence-corrected chi connectivity index (χ1v) is 9.31. The molecule has 1 aliphatic carbocycles. The molecule has 7 nitrogen and oxygen atoms in total. The van der Waals surface area contributed by atoms with Crippen molar-refractivity contribution < 1.29 is 14.4 Å². The van der Waals surface area contributed by atoms with Crippen LogP contribution in [0, 0.1) is 18.8 Å². The third-order valence-corrected chi connectivity index (χ3v) is 5.96. The number of imide groups is 1. The Bertz CT molecular complexity index is 976. The summed E-state index contributed by atoms with van der Waals surface area (Å²) in [7, 11) is 0. The van der Waals surface area contributed by atoms with Gasteiger partial charge in [0.05, 0.1) is 23.6 Å². The van der Waals surface area contributed by atoms with Gasteiger partial charge in [-0.05, 0) is 31.9 Å². The topological polar surface area (TPSA) is 75.0 Å². The first kappa shape index (κ1) is 16.2. The van der Waals surface area contributed by atoms with Crippen LogP contribution in [-0.2, 0) is 9.59 Å². The van der Waals surface area contributed by atoms with Crippen molar-refractivity contribution in [2.75, 3.05) is 13.1 Å². The Morgan fingerprint density at radius 1 is 1.07 bits per heavy atom. The third kappa shape index (κ3) is 2.27. The average Bonchev–Trinajstić information content (AvgIpc) is 3.09. The summed E-state index contributed by atoms with van der Waals surface area (Å²) in [6.45, 7) is 2.61. The molecule has 0 spiro atoms. The van der Waals surface area contributed by atoms with Crippen molar-refractivity contribution in [2.24, 2.45) is 11.8 Å². The number of hydrogen-bond donors (Lipinski definition) is 0. The van der Waals surface area contributed by atoms with Gasteiger partial charge >= 0.3 is 0 Å². The zero-order chi connectivity index (χ0) is 18.7. The van der Waals surface area contributed by atoms with Gasteiger partial charge in [-0.1, -0.05) is 18.2 Å². The van der Waals surface area contributed by atoms with Gasteiger partial charge in [0.2, 0.25) is 11.8 Å². The van der Waals surface area contributed by atoms with E-state index in [4.69, 9.17) is 0 Å². The van der Waals surface area contributed by atoms with Crippen LogP contribution < -0.4 is 0 Å². The van der Waals surface area contributed by atoms with E-state index in [9.17, 15) is 14.4 Å². The van der Waals surface area contributed by atoms with E-state index < -0.39 is 0 Å². The van der Waals surface area contributed by atoms with Gasteiger partial charge < -0.3 is 4.90 Å². The zero-order valence-electron chi connectivity index (χ0n) is 15.0. The number of aromatic nitrogens is 2. The number of allylic oxidation sites excluding steroid dienone is 2. The van der Waals surface area contributed by atoms with Gasteiger partial charge in [-0.15, -0.1) is 0 Å². The minimum Gasteiger partial charge on any atom is -0.333 e. The second-order valence-electron chi connectivity index (χ2n) is 7.54. The van der Waals surface area contributed by atoms with Crippen LogP contribution in [0.2, 0.25) is 0 Å². The standard InChI is InChI=1S/C20H20N4O3/c1-12-17(23-9-5-4-8-16(23)21-12)20(27)22-10-13(11-22)24-18(25)14-6-2-3-7-15(14)19(24)26/h2-5,8-9,13-15H,6-7,10-11H2,1H3. The number of imidazole rings is 1. The number of amides is 3. The Kier molecular flexibility index (Phi) is 3.47. The van der Waals surface area contributed by atoms with E-state index in [1.807, 2.05) is 43.5 Å². The van der Waals surface area contributed by atoms with Gasteiger partial charge in [-0.3, -0.25) is 23.7 Å². The summed E-state index contributed by atoms with van der Waals surface area (Å²) in [6, 6.07) is 5.40. The number of likely N-dealkylation sites (tertiary alicyclic amines) is 2. The molecule has 5 rings (SSSR count). The van der Waals surface area contributed by atoms with Crippen molar-refractivity contribution in [1.29, 1.82) is 0 Å². The number of carbonyl (C=O) groups is 3. The predicted octanol–water partition coefficient (Wildman–Crippen LogP) is 1.42. The lowest BCUT2D eigenvalue weighted by molar-refractivity contribution is -0.145. The lowest BCUT2D eigenvalue weighted by Crippen LogP contribution is -2.62. The van der Waals surface area contributed by atoms with E-state index >= 15 is 0 Å². The van der Waals surface area contributed by atoms with Crippen LogP contribution in [-0.4, -0.2) is 56.0 Å². The lowest BCUT2D eigenvalue weighted by Gasteiger charge is -2.43. The van der Waals surface area contributed by atoms with Gasteiger partial charge in [0.1, 0.15) is 11.3 Å². The molecular formula is C20H20N4O3. The molecule has 0 aromatic carbocycles. The summed E-state index contributed by atoms with van der Waals surface area (Å²) in [5, 5.41) is 0. The van der Waals surface area contributed by atoms with Crippen molar-refractivity contribution >= 4 is 23.4 Å². The Balaban J connectivity index is 1.33. The predicted molar refractivity (Wildman–Crippen MR) is 96.8 cm³/mol. The first-order valence-electron chi connectivity index (χ1n) is 9.31. The Morgan fingerprint density at radius 2 is 1.74 bits per heavy atom. The fraction of sp³-hybridized carbons (Fsp3) is 0.400. The van der Waals surface area contributed by atoms with Gasteiger partial charge in [0, 0.05) is 19.3 Å². The van der Waals surface area contributed by atoms with E-state index in [0.717, 1.165) is 5.65 Å². The minimum atomic E-state index is -0.215. The first-order chi connectivity index (χ1) is 13.1. The maximum atomic E-state index is 13.0. The molecule has 2 saturated heterocycles. The molecule has 0 radical (unpaired) electrons. The molecular weight excluding hydrogens is 344 g/mol. The maximum absolute atomic E-state index is 13.0.